The molecule has 0 spiro atoms. The van der Waals surface area contributed by atoms with Gasteiger partial charge in [-0.1, -0.05) is 6.92 Å². The molecule has 90 valence electrons. The monoisotopic (exact) mass is 222 g/mol. The molecule has 4 heteroatoms. The third-order valence-corrected chi connectivity index (χ3v) is 2.53. The number of hydrogen-bond donors (Lipinski definition) is 0. The van der Waals surface area contributed by atoms with Crippen LogP contribution >= 0.6 is 0 Å². The van der Waals surface area contributed by atoms with Crippen molar-refractivity contribution in [1.29, 1.82) is 0 Å². The minimum Gasteiger partial charge on any atom is -0.381 e. The molecule has 0 bridgehead atoms. The molecule has 2 fully saturated rings. The predicted octanol–water partition coefficient (Wildman–Crippen LogP) is 2.87. The average molecular weight is 222 g/mol. The zero-order valence-corrected chi connectivity index (χ0v) is 9.31. The van der Waals surface area contributed by atoms with E-state index in [2.05, 4.69) is 11.7 Å². The molecule has 2 rings (SSSR count). The first kappa shape index (κ1) is 12.8. The predicted molar refractivity (Wildman–Crippen MR) is 54.2 cm³/mol. The smallest absolute Gasteiger partial charge is 0.271 e. The van der Waals surface area contributed by atoms with E-state index in [-0.39, 0.29) is 13.0 Å². The van der Waals surface area contributed by atoms with Crippen molar-refractivity contribution in [2.75, 3.05) is 26.4 Å². The molecule has 2 aliphatic heterocycles. The lowest BCUT2D eigenvalue weighted by atomic mass is 10.1. The number of ether oxygens (including phenoxy) is 2. The quantitative estimate of drug-likeness (QED) is 0.627. The number of rotatable bonds is 0. The van der Waals surface area contributed by atoms with Crippen LogP contribution in [0.2, 0.25) is 0 Å². The highest BCUT2D eigenvalue weighted by molar-refractivity contribution is 4.68. The maximum absolute atomic E-state index is 12.1. The van der Waals surface area contributed by atoms with Crippen molar-refractivity contribution in [2.45, 2.75) is 38.5 Å². The van der Waals surface area contributed by atoms with Gasteiger partial charge in [-0.05, 0) is 25.2 Å². The van der Waals surface area contributed by atoms with Crippen LogP contribution in [0.25, 0.3) is 0 Å². The van der Waals surface area contributed by atoms with E-state index in [0.29, 0.717) is 13.0 Å². The van der Waals surface area contributed by atoms with Crippen LogP contribution in [0.5, 0.6) is 0 Å². The summed E-state index contributed by atoms with van der Waals surface area (Å²) in [4.78, 5) is 0. The van der Waals surface area contributed by atoms with E-state index in [0.717, 1.165) is 19.1 Å². The van der Waals surface area contributed by atoms with Gasteiger partial charge < -0.3 is 9.47 Å². The summed E-state index contributed by atoms with van der Waals surface area (Å²) in [5.41, 5.74) is 0. The molecule has 2 aliphatic rings. The zero-order valence-electron chi connectivity index (χ0n) is 9.31. The van der Waals surface area contributed by atoms with E-state index in [1.54, 1.807) is 0 Å². The second-order valence-electron chi connectivity index (χ2n) is 4.33. The fourth-order valence-electron chi connectivity index (χ4n) is 1.63. The van der Waals surface area contributed by atoms with Gasteiger partial charge in [0, 0.05) is 26.2 Å². The normalized spacial score (nSPS) is 30.2. The Kier molecular flexibility index (Phi) is 5.47. The molecule has 0 aromatic rings. The topological polar surface area (TPSA) is 18.5 Å². The Morgan fingerprint density at radius 1 is 1.13 bits per heavy atom. The maximum Gasteiger partial charge on any atom is 0.271 e. The van der Waals surface area contributed by atoms with Crippen molar-refractivity contribution >= 4 is 0 Å². The van der Waals surface area contributed by atoms with E-state index in [1.807, 2.05) is 0 Å². The first-order valence-electron chi connectivity index (χ1n) is 5.63. The fraction of sp³-hybridized carbons (Fsp3) is 1.00. The molecule has 0 aliphatic carbocycles. The minimum absolute atomic E-state index is 0.00694. The van der Waals surface area contributed by atoms with Gasteiger partial charge in [-0.3, -0.25) is 0 Å². The number of alkyl halides is 2. The lowest BCUT2D eigenvalue weighted by Crippen LogP contribution is -2.28. The van der Waals surface area contributed by atoms with E-state index in [4.69, 9.17) is 4.74 Å². The SMILES string of the molecule is CC1CCCOC1.FC1(F)CCCOC1. The molecule has 0 amide bonds. The Morgan fingerprint density at radius 2 is 1.87 bits per heavy atom. The molecule has 0 saturated carbocycles. The molecule has 0 radical (unpaired) electrons. The zero-order chi connectivity index (χ0) is 11.1. The Hall–Kier alpha value is -0.220. The third kappa shape index (κ3) is 6.05. The molecule has 2 heterocycles. The van der Waals surface area contributed by atoms with E-state index < -0.39 is 5.92 Å². The summed E-state index contributed by atoms with van der Waals surface area (Å²) in [5, 5.41) is 0. The molecule has 0 N–H and O–H groups in total. The van der Waals surface area contributed by atoms with E-state index >= 15 is 0 Å². The van der Waals surface area contributed by atoms with Gasteiger partial charge in [0.1, 0.15) is 6.61 Å². The highest BCUT2D eigenvalue weighted by Gasteiger charge is 2.31. The molecular weight excluding hydrogens is 202 g/mol. The summed E-state index contributed by atoms with van der Waals surface area (Å²) in [6.45, 7) is 4.33. The molecule has 0 aromatic heterocycles. The molecular formula is C11H20F2O2. The lowest BCUT2D eigenvalue weighted by molar-refractivity contribution is -0.113. The average Bonchev–Trinajstić information content (AvgIpc) is 2.19. The van der Waals surface area contributed by atoms with Crippen molar-refractivity contribution in [3.63, 3.8) is 0 Å². The van der Waals surface area contributed by atoms with Crippen molar-refractivity contribution in [3.05, 3.63) is 0 Å². The Balaban J connectivity index is 0.000000151. The van der Waals surface area contributed by atoms with Crippen LogP contribution in [0.15, 0.2) is 0 Å². The summed E-state index contributed by atoms with van der Waals surface area (Å²) in [6.07, 6.45) is 3.11. The van der Waals surface area contributed by atoms with Gasteiger partial charge in [-0.15, -0.1) is 0 Å². The minimum atomic E-state index is -2.54. The molecule has 1 atom stereocenters. The van der Waals surface area contributed by atoms with E-state index in [1.165, 1.54) is 12.8 Å². The van der Waals surface area contributed by atoms with Gasteiger partial charge in [0.15, 0.2) is 0 Å². The van der Waals surface area contributed by atoms with Gasteiger partial charge in [0.2, 0.25) is 0 Å². The van der Waals surface area contributed by atoms with Gasteiger partial charge in [0.05, 0.1) is 0 Å². The summed E-state index contributed by atoms with van der Waals surface area (Å²) < 4.78 is 33.9. The van der Waals surface area contributed by atoms with Crippen LogP contribution in [-0.2, 0) is 9.47 Å². The van der Waals surface area contributed by atoms with Crippen LogP contribution in [0.4, 0.5) is 8.78 Å². The van der Waals surface area contributed by atoms with Crippen LogP contribution in [0, 0.1) is 5.92 Å². The van der Waals surface area contributed by atoms with E-state index in [9.17, 15) is 8.78 Å². The van der Waals surface area contributed by atoms with Crippen molar-refractivity contribution < 1.29 is 18.3 Å². The lowest BCUT2D eigenvalue weighted by Gasteiger charge is -2.20. The fourth-order valence-corrected chi connectivity index (χ4v) is 1.63. The van der Waals surface area contributed by atoms with Crippen molar-refractivity contribution in [2.24, 2.45) is 5.92 Å². The van der Waals surface area contributed by atoms with Gasteiger partial charge in [-0.2, -0.15) is 0 Å². The Bertz CT molecular complexity index is 160. The summed E-state index contributed by atoms with van der Waals surface area (Å²) in [6, 6.07) is 0. The molecule has 15 heavy (non-hydrogen) atoms. The Morgan fingerprint density at radius 3 is 2.13 bits per heavy atom. The summed E-state index contributed by atoms with van der Waals surface area (Å²) in [7, 11) is 0. The first-order chi connectivity index (χ1) is 7.10. The van der Waals surface area contributed by atoms with Gasteiger partial charge in [-0.25, -0.2) is 8.78 Å². The third-order valence-electron chi connectivity index (χ3n) is 2.53. The molecule has 2 nitrogen and oxygen atoms in total. The summed E-state index contributed by atoms with van der Waals surface area (Å²) in [5.74, 6) is -1.73. The number of halogens is 2. The van der Waals surface area contributed by atoms with Gasteiger partial charge >= 0.3 is 0 Å². The second kappa shape index (κ2) is 6.38. The van der Waals surface area contributed by atoms with Crippen LogP contribution < -0.4 is 0 Å². The van der Waals surface area contributed by atoms with Crippen molar-refractivity contribution in [3.8, 4) is 0 Å². The van der Waals surface area contributed by atoms with Crippen LogP contribution in [-0.4, -0.2) is 32.4 Å². The molecule has 2 saturated heterocycles. The highest BCUT2D eigenvalue weighted by Crippen LogP contribution is 2.23. The molecule has 1 unspecified atom stereocenters. The second-order valence-corrected chi connectivity index (χ2v) is 4.33. The Labute approximate surface area is 89.9 Å². The van der Waals surface area contributed by atoms with Gasteiger partial charge in [0.25, 0.3) is 5.92 Å². The van der Waals surface area contributed by atoms with Crippen LogP contribution in [0.1, 0.15) is 32.6 Å². The van der Waals surface area contributed by atoms with Crippen molar-refractivity contribution in [1.82, 2.24) is 0 Å². The largest absolute Gasteiger partial charge is 0.381 e. The maximum atomic E-state index is 12.1. The highest BCUT2D eigenvalue weighted by atomic mass is 19.3. The van der Waals surface area contributed by atoms with Crippen LogP contribution in [0.3, 0.4) is 0 Å². The summed E-state index contributed by atoms with van der Waals surface area (Å²) >= 11 is 0. The first-order valence-corrected chi connectivity index (χ1v) is 5.63. The molecule has 0 aromatic carbocycles. The standard InChI is InChI=1S/C6H12O.C5H8F2O/c1-6-3-2-4-7-5-6;6-5(7)2-1-3-8-4-5/h6H,2-5H2,1H3;1-4H2. The number of hydrogen-bond acceptors (Lipinski definition) is 2.